The molecule has 1 aliphatic heterocycles. The number of aryl methyl sites for hydroxylation is 1. The number of likely N-dealkylation sites (tertiary alicyclic amines) is 1. The summed E-state index contributed by atoms with van der Waals surface area (Å²) >= 11 is 1.27. The lowest BCUT2D eigenvalue weighted by Gasteiger charge is -2.29. The van der Waals surface area contributed by atoms with Crippen LogP contribution in [-0.2, 0) is 6.54 Å². The van der Waals surface area contributed by atoms with Crippen LogP contribution >= 0.6 is 11.3 Å². The van der Waals surface area contributed by atoms with Crippen molar-refractivity contribution in [3.05, 3.63) is 87.5 Å². The fourth-order valence-corrected chi connectivity index (χ4v) is 4.88. The number of hydrogen-bond acceptors (Lipinski definition) is 6. The summed E-state index contributed by atoms with van der Waals surface area (Å²) in [6, 6.07) is 13.3. The number of carbonyl (C=O) groups is 2. The Hall–Kier alpha value is -3.40. The molecule has 0 radical (unpaired) electrons. The molecule has 3 aromatic rings. The number of aliphatic hydroxyl groups excluding tert-OH is 1. The Kier molecular flexibility index (Phi) is 8.02. The molecule has 7 nitrogen and oxygen atoms in total. The Morgan fingerprint density at radius 1 is 1.17 bits per heavy atom. The fourth-order valence-electron chi connectivity index (χ4n) is 3.95. The number of rotatable bonds is 7. The Balaban J connectivity index is 1.41. The molecule has 9 heteroatoms. The van der Waals surface area contributed by atoms with Crippen molar-refractivity contribution in [1.82, 2.24) is 10.3 Å². The van der Waals surface area contributed by atoms with Crippen molar-refractivity contribution in [3.63, 3.8) is 0 Å². The number of piperidine rings is 1. The zero-order valence-electron chi connectivity index (χ0n) is 19.3. The topological polar surface area (TPSA) is 94.0 Å². The van der Waals surface area contributed by atoms with E-state index in [0.717, 1.165) is 31.5 Å². The van der Waals surface area contributed by atoms with E-state index in [2.05, 4.69) is 20.7 Å². The first-order valence-corrected chi connectivity index (χ1v) is 12.2. The summed E-state index contributed by atoms with van der Waals surface area (Å²) in [6.45, 7) is 4.15. The molecule has 1 aromatic heterocycles. The molecule has 0 unspecified atom stereocenters. The summed E-state index contributed by atoms with van der Waals surface area (Å²) < 4.78 is 13.3. The van der Waals surface area contributed by atoms with Crippen molar-refractivity contribution in [2.75, 3.05) is 18.4 Å². The zero-order valence-corrected chi connectivity index (χ0v) is 20.1. The van der Waals surface area contributed by atoms with E-state index in [1.165, 1.54) is 29.7 Å². The Bertz CT molecular complexity index is 1230. The zero-order chi connectivity index (χ0) is 24.8. The van der Waals surface area contributed by atoms with Crippen molar-refractivity contribution in [1.29, 1.82) is 0 Å². The molecule has 3 N–H and O–H groups in total. The van der Waals surface area contributed by atoms with Crippen LogP contribution in [0.5, 0.6) is 0 Å². The van der Waals surface area contributed by atoms with E-state index >= 15 is 0 Å². The Morgan fingerprint density at radius 2 is 1.94 bits per heavy atom. The normalized spacial score (nSPS) is 14.8. The number of thiophene rings is 1. The number of hydrogen-bond donors (Lipinski definition) is 3. The molecule has 0 bridgehead atoms. The summed E-state index contributed by atoms with van der Waals surface area (Å²) in [4.78, 5) is 28.0. The third-order valence-electron chi connectivity index (χ3n) is 5.81. The Labute approximate surface area is 207 Å². The van der Waals surface area contributed by atoms with Gasteiger partial charge >= 0.3 is 0 Å². The van der Waals surface area contributed by atoms with Gasteiger partial charge in [-0.1, -0.05) is 24.3 Å². The maximum Gasteiger partial charge on any atom is 0.274 e. The summed E-state index contributed by atoms with van der Waals surface area (Å²) in [7, 11) is 0. The molecule has 0 atom stereocenters. The minimum Gasteiger partial charge on any atom is -0.393 e. The molecule has 1 saturated heterocycles. The van der Waals surface area contributed by atoms with Crippen LogP contribution in [-0.4, -0.2) is 47.2 Å². The Morgan fingerprint density at radius 3 is 2.71 bits per heavy atom. The van der Waals surface area contributed by atoms with Crippen LogP contribution in [0.25, 0.3) is 0 Å². The highest BCUT2D eigenvalue weighted by Crippen LogP contribution is 2.28. The maximum absolute atomic E-state index is 13.3. The molecule has 35 heavy (non-hydrogen) atoms. The number of nitrogens with one attached hydrogen (secondary N) is 2. The van der Waals surface area contributed by atoms with E-state index in [-0.39, 0.29) is 12.0 Å². The molecule has 182 valence electrons. The molecule has 1 fully saturated rings. The van der Waals surface area contributed by atoms with E-state index in [1.54, 1.807) is 30.5 Å². The molecular formula is C26H27FN4O3S. The standard InChI is InChI=1S/C26H27FN4O3S/c1-17-16-35-26(23(17)25(34)30-28-14-18-4-3-7-21(27)13-18)29-24(33)20-6-2-5-19(12-20)15-31-10-8-22(32)9-11-31/h2-7,12-14,16,22,32H,8-11,15H2,1H3,(H,29,33)(H,30,34)/b28-14+. The summed E-state index contributed by atoms with van der Waals surface area (Å²) in [5, 5.41) is 18.7. The number of benzene rings is 2. The van der Waals surface area contributed by atoms with Gasteiger partial charge in [0.2, 0.25) is 0 Å². The monoisotopic (exact) mass is 494 g/mol. The van der Waals surface area contributed by atoms with Gasteiger partial charge in [-0.25, -0.2) is 9.82 Å². The maximum atomic E-state index is 13.3. The van der Waals surface area contributed by atoms with Crippen LogP contribution in [0.1, 0.15) is 50.2 Å². The summed E-state index contributed by atoms with van der Waals surface area (Å²) in [6.07, 6.45) is 2.65. The SMILES string of the molecule is Cc1csc(NC(=O)c2cccc(CN3CCC(O)CC3)c2)c1C(=O)N/N=C/c1cccc(F)c1. The number of nitrogens with zero attached hydrogens (tertiary/aromatic N) is 2. The van der Waals surface area contributed by atoms with Gasteiger partial charge in [0.15, 0.2) is 0 Å². The fraction of sp³-hybridized carbons (Fsp3) is 0.269. The molecule has 2 aromatic carbocycles. The molecular weight excluding hydrogens is 467 g/mol. The van der Waals surface area contributed by atoms with Gasteiger partial charge < -0.3 is 10.4 Å². The predicted molar refractivity (Wildman–Crippen MR) is 135 cm³/mol. The van der Waals surface area contributed by atoms with E-state index < -0.39 is 11.7 Å². The van der Waals surface area contributed by atoms with Crippen LogP contribution < -0.4 is 10.7 Å². The average molecular weight is 495 g/mol. The van der Waals surface area contributed by atoms with Gasteiger partial charge in [0.1, 0.15) is 10.8 Å². The van der Waals surface area contributed by atoms with Gasteiger partial charge in [-0.05, 0) is 66.1 Å². The number of anilines is 1. The molecule has 2 amide bonds. The predicted octanol–water partition coefficient (Wildman–Crippen LogP) is 4.17. The van der Waals surface area contributed by atoms with Crippen molar-refractivity contribution in [2.24, 2.45) is 5.10 Å². The van der Waals surface area contributed by atoms with Crippen molar-refractivity contribution in [2.45, 2.75) is 32.4 Å². The number of aliphatic hydroxyl groups is 1. The average Bonchev–Trinajstić information content (AvgIpc) is 3.20. The highest BCUT2D eigenvalue weighted by atomic mass is 32.1. The van der Waals surface area contributed by atoms with E-state index in [4.69, 9.17) is 0 Å². The minimum atomic E-state index is -0.465. The van der Waals surface area contributed by atoms with Crippen LogP contribution in [0.4, 0.5) is 9.39 Å². The van der Waals surface area contributed by atoms with Crippen LogP contribution in [0, 0.1) is 12.7 Å². The van der Waals surface area contributed by atoms with E-state index in [0.29, 0.717) is 33.8 Å². The molecule has 0 spiro atoms. The highest BCUT2D eigenvalue weighted by Gasteiger charge is 2.20. The molecule has 0 aliphatic carbocycles. The van der Waals surface area contributed by atoms with Crippen molar-refractivity contribution in [3.8, 4) is 0 Å². The van der Waals surface area contributed by atoms with Crippen LogP contribution in [0.3, 0.4) is 0 Å². The van der Waals surface area contributed by atoms with Gasteiger partial charge in [-0.2, -0.15) is 5.10 Å². The lowest BCUT2D eigenvalue weighted by atomic mass is 10.1. The van der Waals surface area contributed by atoms with E-state index in [1.807, 2.05) is 18.2 Å². The van der Waals surface area contributed by atoms with Gasteiger partial charge in [-0.3, -0.25) is 14.5 Å². The van der Waals surface area contributed by atoms with Crippen LogP contribution in [0.15, 0.2) is 59.0 Å². The van der Waals surface area contributed by atoms with Gasteiger partial charge in [-0.15, -0.1) is 11.3 Å². The third kappa shape index (κ3) is 6.60. The van der Waals surface area contributed by atoms with Gasteiger partial charge in [0, 0.05) is 25.2 Å². The molecule has 0 saturated carbocycles. The minimum absolute atomic E-state index is 0.226. The van der Waals surface area contributed by atoms with E-state index in [9.17, 15) is 19.1 Å². The number of halogens is 1. The smallest absolute Gasteiger partial charge is 0.274 e. The van der Waals surface area contributed by atoms with Gasteiger partial charge in [0.05, 0.1) is 17.9 Å². The number of amides is 2. The summed E-state index contributed by atoms with van der Waals surface area (Å²) in [5.41, 5.74) is 5.52. The largest absolute Gasteiger partial charge is 0.393 e. The number of hydrazone groups is 1. The second-order valence-corrected chi connectivity index (χ2v) is 9.42. The first-order chi connectivity index (χ1) is 16.9. The summed E-state index contributed by atoms with van der Waals surface area (Å²) in [5.74, 6) is -1.16. The molecule has 1 aliphatic rings. The van der Waals surface area contributed by atoms with Crippen molar-refractivity contribution < 1.29 is 19.1 Å². The first kappa shape index (κ1) is 24.7. The highest BCUT2D eigenvalue weighted by molar-refractivity contribution is 7.15. The van der Waals surface area contributed by atoms with Gasteiger partial charge in [0.25, 0.3) is 11.8 Å². The lowest BCUT2D eigenvalue weighted by Crippen LogP contribution is -2.35. The number of carbonyl (C=O) groups excluding carboxylic acids is 2. The van der Waals surface area contributed by atoms with Crippen molar-refractivity contribution >= 4 is 34.4 Å². The first-order valence-electron chi connectivity index (χ1n) is 11.4. The lowest BCUT2D eigenvalue weighted by molar-refractivity contribution is 0.0792. The quantitative estimate of drug-likeness (QED) is 0.340. The van der Waals surface area contributed by atoms with Crippen LogP contribution in [0.2, 0.25) is 0 Å². The third-order valence-corrected chi connectivity index (χ3v) is 6.82. The molecule has 2 heterocycles. The second-order valence-electron chi connectivity index (χ2n) is 8.54. The second kappa shape index (κ2) is 11.4. The molecule has 4 rings (SSSR count).